The van der Waals surface area contributed by atoms with Crippen LogP contribution in [-0.4, -0.2) is 15.8 Å². The summed E-state index contributed by atoms with van der Waals surface area (Å²) in [5.41, 5.74) is 2.63. The van der Waals surface area contributed by atoms with Gasteiger partial charge >= 0.3 is 0 Å². The van der Waals surface area contributed by atoms with Crippen LogP contribution < -0.4 is 0 Å². The van der Waals surface area contributed by atoms with Crippen LogP contribution in [0.2, 0.25) is 0 Å². The fourth-order valence-corrected chi connectivity index (χ4v) is 2.62. The quantitative estimate of drug-likeness (QED) is 0.671. The normalized spacial score (nSPS) is 10.4. The van der Waals surface area contributed by atoms with Gasteiger partial charge in [0.05, 0.1) is 11.4 Å². The molecule has 4 heteroatoms. The third kappa shape index (κ3) is 1.87. The predicted molar refractivity (Wildman–Crippen MR) is 72.3 cm³/mol. The molecule has 0 unspecified atom stereocenters. The molecule has 0 aliphatic rings. The van der Waals surface area contributed by atoms with E-state index in [0.717, 1.165) is 22.7 Å². The first-order valence-corrected chi connectivity index (χ1v) is 6.40. The van der Waals surface area contributed by atoms with E-state index in [1.807, 2.05) is 48.0 Å². The summed E-state index contributed by atoms with van der Waals surface area (Å²) >= 11 is 1.52. The largest absolute Gasteiger partial charge is 0.296 e. The highest BCUT2D eigenvalue weighted by molar-refractivity contribution is 7.12. The number of aromatic nitrogens is 2. The second kappa shape index (κ2) is 4.58. The van der Waals surface area contributed by atoms with Gasteiger partial charge in [-0.15, -0.1) is 11.3 Å². The van der Waals surface area contributed by atoms with Crippen molar-refractivity contribution >= 4 is 17.6 Å². The number of rotatable bonds is 3. The zero-order valence-electron chi connectivity index (χ0n) is 9.48. The number of benzene rings is 1. The number of carbonyl (C=O) groups excluding carboxylic acids is 1. The Bertz CT molecular complexity index is 670. The van der Waals surface area contributed by atoms with Gasteiger partial charge < -0.3 is 0 Å². The van der Waals surface area contributed by atoms with E-state index in [4.69, 9.17) is 0 Å². The van der Waals surface area contributed by atoms with Crippen molar-refractivity contribution in [2.45, 2.75) is 0 Å². The molecule has 0 atom stereocenters. The molecule has 3 rings (SSSR count). The van der Waals surface area contributed by atoms with Crippen molar-refractivity contribution in [1.82, 2.24) is 9.55 Å². The predicted octanol–water partition coefficient (Wildman–Crippen LogP) is 3.41. The van der Waals surface area contributed by atoms with Crippen molar-refractivity contribution in [2.24, 2.45) is 0 Å². The van der Waals surface area contributed by atoms with Crippen LogP contribution in [-0.2, 0) is 0 Å². The van der Waals surface area contributed by atoms with Gasteiger partial charge in [0.15, 0.2) is 11.4 Å². The molecule has 0 saturated carbocycles. The molecule has 2 heterocycles. The number of hydrogen-bond donors (Lipinski definition) is 0. The minimum Gasteiger partial charge on any atom is -0.296 e. The average Bonchev–Trinajstić information content (AvgIpc) is 3.08. The molecule has 0 aliphatic carbocycles. The first-order chi connectivity index (χ1) is 8.88. The number of carbonyl (C=O) groups is 1. The van der Waals surface area contributed by atoms with Crippen LogP contribution in [0, 0.1) is 0 Å². The molecule has 88 valence electrons. The van der Waals surface area contributed by atoms with E-state index in [1.54, 1.807) is 10.6 Å². The monoisotopic (exact) mass is 254 g/mol. The number of aldehydes is 1. The third-order valence-corrected chi connectivity index (χ3v) is 3.51. The molecule has 0 amide bonds. The summed E-state index contributed by atoms with van der Waals surface area (Å²) in [6.07, 6.45) is 2.68. The van der Waals surface area contributed by atoms with E-state index in [0.29, 0.717) is 5.69 Å². The first kappa shape index (κ1) is 10.9. The molecule has 1 aromatic carbocycles. The van der Waals surface area contributed by atoms with Gasteiger partial charge in [-0.05, 0) is 12.1 Å². The fourth-order valence-electron chi connectivity index (χ4n) is 1.78. The molecule has 0 N–H and O–H groups in total. The Hall–Kier alpha value is -2.20. The van der Waals surface area contributed by atoms with Gasteiger partial charge in [-0.2, -0.15) is 0 Å². The molecule has 3 nitrogen and oxygen atoms in total. The number of hydrogen-bond acceptors (Lipinski definition) is 3. The summed E-state index contributed by atoms with van der Waals surface area (Å²) in [5, 5.41) is 2.81. The number of thiazole rings is 1. The fraction of sp³-hybridized carbons (Fsp3) is 0. The Morgan fingerprint density at radius 3 is 2.72 bits per heavy atom. The summed E-state index contributed by atoms with van der Waals surface area (Å²) in [7, 11) is 0. The molecular weight excluding hydrogens is 244 g/mol. The number of nitrogens with zero attached hydrogens (tertiary/aromatic N) is 2. The van der Waals surface area contributed by atoms with Gasteiger partial charge in [-0.3, -0.25) is 9.36 Å². The van der Waals surface area contributed by atoms with Gasteiger partial charge in [0.2, 0.25) is 0 Å². The average molecular weight is 254 g/mol. The minimum atomic E-state index is 0.615. The molecule has 0 saturated heterocycles. The van der Waals surface area contributed by atoms with E-state index in [-0.39, 0.29) is 0 Å². The molecule has 3 aromatic rings. The maximum atomic E-state index is 10.9. The molecular formula is C14H10N2OS. The van der Waals surface area contributed by atoms with Crippen molar-refractivity contribution in [3.63, 3.8) is 0 Å². The summed E-state index contributed by atoms with van der Waals surface area (Å²) in [4.78, 5) is 15.4. The van der Waals surface area contributed by atoms with Crippen molar-refractivity contribution in [3.05, 3.63) is 59.7 Å². The molecule has 0 aliphatic heterocycles. The van der Waals surface area contributed by atoms with Crippen LogP contribution in [0.15, 0.2) is 54.0 Å². The van der Waals surface area contributed by atoms with Gasteiger partial charge in [0, 0.05) is 17.1 Å². The highest BCUT2D eigenvalue weighted by Gasteiger charge is 2.08. The Morgan fingerprint density at radius 2 is 1.94 bits per heavy atom. The van der Waals surface area contributed by atoms with Crippen molar-refractivity contribution in [3.8, 4) is 16.4 Å². The lowest BCUT2D eigenvalue weighted by molar-refractivity contribution is 0.111. The second-order valence-corrected chi connectivity index (χ2v) is 4.64. The lowest BCUT2D eigenvalue weighted by Crippen LogP contribution is -1.96. The topological polar surface area (TPSA) is 34.9 Å². The summed E-state index contributed by atoms with van der Waals surface area (Å²) < 4.78 is 1.80. The Labute approximate surface area is 108 Å². The lowest BCUT2D eigenvalue weighted by Gasteiger charge is -1.99. The van der Waals surface area contributed by atoms with Crippen LogP contribution in [0.4, 0.5) is 0 Å². The van der Waals surface area contributed by atoms with E-state index in [9.17, 15) is 4.79 Å². The van der Waals surface area contributed by atoms with Gasteiger partial charge in [-0.25, -0.2) is 4.98 Å². The van der Waals surface area contributed by atoms with Crippen LogP contribution in [0.3, 0.4) is 0 Å². The molecule has 0 bridgehead atoms. The standard InChI is InChI=1S/C14H10N2OS/c17-9-12-7-4-8-16(12)14-15-13(10-18-14)11-5-2-1-3-6-11/h1-10H. The van der Waals surface area contributed by atoms with Gasteiger partial charge in [0.1, 0.15) is 0 Å². The zero-order valence-corrected chi connectivity index (χ0v) is 10.3. The minimum absolute atomic E-state index is 0.615. The van der Waals surface area contributed by atoms with E-state index >= 15 is 0 Å². The van der Waals surface area contributed by atoms with Gasteiger partial charge in [0.25, 0.3) is 0 Å². The van der Waals surface area contributed by atoms with Gasteiger partial charge in [-0.1, -0.05) is 30.3 Å². The maximum absolute atomic E-state index is 10.9. The van der Waals surface area contributed by atoms with Crippen LogP contribution >= 0.6 is 11.3 Å². The first-order valence-electron chi connectivity index (χ1n) is 5.52. The van der Waals surface area contributed by atoms with E-state index in [1.165, 1.54) is 11.3 Å². The van der Waals surface area contributed by atoms with Crippen molar-refractivity contribution in [2.75, 3.05) is 0 Å². The summed E-state index contributed by atoms with van der Waals surface area (Å²) in [6.45, 7) is 0. The summed E-state index contributed by atoms with van der Waals surface area (Å²) in [6, 6.07) is 13.6. The SMILES string of the molecule is O=Cc1cccn1-c1nc(-c2ccccc2)cs1. The highest BCUT2D eigenvalue weighted by atomic mass is 32.1. The smallest absolute Gasteiger partial charge is 0.194 e. The lowest BCUT2D eigenvalue weighted by atomic mass is 10.2. The highest BCUT2D eigenvalue weighted by Crippen LogP contribution is 2.24. The molecule has 0 radical (unpaired) electrons. The van der Waals surface area contributed by atoms with E-state index in [2.05, 4.69) is 4.98 Å². The maximum Gasteiger partial charge on any atom is 0.194 e. The van der Waals surface area contributed by atoms with Crippen molar-refractivity contribution in [1.29, 1.82) is 0 Å². The van der Waals surface area contributed by atoms with Crippen molar-refractivity contribution < 1.29 is 4.79 Å². The Morgan fingerprint density at radius 1 is 1.11 bits per heavy atom. The molecule has 2 aromatic heterocycles. The third-order valence-electron chi connectivity index (χ3n) is 2.67. The van der Waals surface area contributed by atoms with E-state index < -0.39 is 0 Å². The van der Waals surface area contributed by atoms with Crippen LogP contribution in [0.5, 0.6) is 0 Å². The molecule has 18 heavy (non-hydrogen) atoms. The second-order valence-electron chi connectivity index (χ2n) is 3.80. The molecule has 0 fully saturated rings. The Balaban J connectivity index is 2.02. The van der Waals surface area contributed by atoms with Crippen LogP contribution in [0.25, 0.3) is 16.4 Å². The molecule has 0 spiro atoms. The Kier molecular flexibility index (Phi) is 2.78. The van der Waals surface area contributed by atoms with Crippen LogP contribution in [0.1, 0.15) is 10.5 Å². The summed E-state index contributed by atoms with van der Waals surface area (Å²) in [5.74, 6) is 0. The zero-order chi connectivity index (χ0) is 12.4.